The Morgan fingerprint density at radius 1 is 1.41 bits per heavy atom. The lowest BCUT2D eigenvalue weighted by atomic mass is 10.1. The molecule has 3 nitrogen and oxygen atoms in total. The fourth-order valence-electron chi connectivity index (χ4n) is 1.78. The van der Waals surface area contributed by atoms with Crippen molar-refractivity contribution in [2.75, 3.05) is 7.05 Å². The largest absolute Gasteiger partial charge is 0.338 e. The van der Waals surface area contributed by atoms with Gasteiger partial charge in [-0.05, 0) is 18.7 Å². The summed E-state index contributed by atoms with van der Waals surface area (Å²) in [6.07, 6.45) is 4.29. The molecule has 0 bridgehead atoms. The van der Waals surface area contributed by atoms with E-state index in [2.05, 4.69) is 10.3 Å². The molecule has 0 radical (unpaired) electrons. The van der Waals surface area contributed by atoms with E-state index < -0.39 is 0 Å². The van der Waals surface area contributed by atoms with Gasteiger partial charge in [0.2, 0.25) is 0 Å². The molecule has 0 saturated carbocycles. The lowest BCUT2D eigenvalue weighted by Gasteiger charge is -2.06. The average Bonchev–Trinajstić information content (AvgIpc) is 2.69. The van der Waals surface area contributed by atoms with Crippen molar-refractivity contribution in [3.63, 3.8) is 0 Å². The summed E-state index contributed by atoms with van der Waals surface area (Å²) in [5, 5.41) is 2.94. The third-order valence-corrected chi connectivity index (χ3v) is 2.77. The van der Waals surface area contributed by atoms with Gasteiger partial charge in [0, 0.05) is 38.0 Å². The quantitative estimate of drug-likeness (QED) is 0.873. The highest BCUT2D eigenvalue weighted by molar-refractivity contribution is 5.26. The Hall–Kier alpha value is -1.68. The van der Waals surface area contributed by atoms with Crippen LogP contribution in [0.3, 0.4) is 0 Å². The molecule has 1 aromatic carbocycles. The molecule has 2 rings (SSSR count). The highest BCUT2D eigenvalue weighted by atomic mass is 19.1. The van der Waals surface area contributed by atoms with Crippen LogP contribution in [0.5, 0.6) is 0 Å². The summed E-state index contributed by atoms with van der Waals surface area (Å²) in [5.74, 6) is 0.775. The molecule has 17 heavy (non-hydrogen) atoms. The fourth-order valence-corrected chi connectivity index (χ4v) is 1.78. The van der Waals surface area contributed by atoms with E-state index in [1.807, 2.05) is 29.9 Å². The maximum absolute atomic E-state index is 13.7. The number of halogens is 1. The van der Waals surface area contributed by atoms with Gasteiger partial charge in [-0.1, -0.05) is 12.1 Å². The van der Waals surface area contributed by atoms with Gasteiger partial charge >= 0.3 is 0 Å². The third kappa shape index (κ3) is 2.71. The first-order chi connectivity index (χ1) is 8.20. The van der Waals surface area contributed by atoms with Gasteiger partial charge in [0.1, 0.15) is 11.6 Å². The normalized spacial score (nSPS) is 10.8. The van der Waals surface area contributed by atoms with Crippen LogP contribution >= 0.6 is 0 Å². The molecular formula is C13H16FN3. The Kier molecular flexibility index (Phi) is 3.54. The predicted octanol–water partition coefficient (Wildman–Crippen LogP) is 1.87. The van der Waals surface area contributed by atoms with Crippen molar-refractivity contribution >= 4 is 0 Å². The van der Waals surface area contributed by atoms with Gasteiger partial charge in [-0.25, -0.2) is 9.37 Å². The van der Waals surface area contributed by atoms with E-state index in [0.717, 1.165) is 11.4 Å². The SMILES string of the molecule is CNCc1ccc(Cc2nccn2C)cc1F. The number of rotatable bonds is 4. The molecule has 0 amide bonds. The Labute approximate surface area is 100 Å². The Balaban J connectivity index is 2.18. The van der Waals surface area contributed by atoms with Crippen LogP contribution in [0.4, 0.5) is 4.39 Å². The molecule has 4 heteroatoms. The molecule has 0 aliphatic heterocycles. The minimum absolute atomic E-state index is 0.161. The van der Waals surface area contributed by atoms with Crippen LogP contribution < -0.4 is 5.32 Å². The molecule has 0 fully saturated rings. The predicted molar refractivity (Wildman–Crippen MR) is 65.2 cm³/mol. The minimum Gasteiger partial charge on any atom is -0.338 e. The van der Waals surface area contributed by atoms with Crippen molar-refractivity contribution in [2.45, 2.75) is 13.0 Å². The molecule has 90 valence electrons. The van der Waals surface area contributed by atoms with Crippen molar-refractivity contribution in [3.8, 4) is 0 Å². The first kappa shape index (κ1) is 11.8. The number of hydrogen-bond acceptors (Lipinski definition) is 2. The van der Waals surface area contributed by atoms with Crippen molar-refractivity contribution in [1.29, 1.82) is 0 Å². The van der Waals surface area contributed by atoms with Crippen LogP contribution in [-0.4, -0.2) is 16.6 Å². The number of nitrogens with one attached hydrogen (secondary N) is 1. The summed E-state index contributed by atoms with van der Waals surface area (Å²) in [6, 6.07) is 5.36. The molecule has 1 heterocycles. The summed E-state index contributed by atoms with van der Waals surface area (Å²) < 4.78 is 15.6. The first-order valence-corrected chi connectivity index (χ1v) is 5.59. The maximum atomic E-state index is 13.7. The van der Waals surface area contributed by atoms with Gasteiger partial charge < -0.3 is 9.88 Å². The molecule has 0 unspecified atom stereocenters. The standard InChI is InChI=1S/C13H16FN3/c1-15-9-11-4-3-10(7-12(11)14)8-13-16-5-6-17(13)2/h3-7,15H,8-9H2,1-2H3. The van der Waals surface area contributed by atoms with E-state index in [1.165, 1.54) is 0 Å². The summed E-state index contributed by atoms with van der Waals surface area (Å²) in [7, 11) is 3.75. The zero-order chi connectivity index (χ0) is 12.3. The smallest absolute Gasteiger partial charge is 0.127 e. The van der Waals surface area contributed by atoms with Crippen LogP contribution in [0.1, 0.15) is 17.0 Å². The maximum Gasteiger partial charge on any atom is 0.127 e. The molecule has 0 aliphatic carbocycles. The fraction of sp³-hybridized carbons (Fsp3) is 0.308. The number of aryl methyl sites for hydroxylation is 1. The molecule has 0 aliphatic rings. The van der Waals surface area contributed by atoms with E-state index in [-0.39, 0.29) is 5.82 Å². The van der Waals surface area contributed by atoms with Gasteiger partial charge in [-0.3, -0.25) is 0 Å². The van der Waals surface area contributed by atoms with Crippen molar-refractivity contribution in [3.05, 3.63) is 53.4 Å². The highest BCUT2D eigenvalue weighted by Crippen LogP contribution is 2.13. The van der Waals surface area contributed by atoms with Crippen LogP contribution in [0, 0.1) is 5.82 Å². The second-order valence-corrected chi connectivity index (χ2v) is 4.09. The van der Waals surface area contributed by atoms with E-state index in [9.17, 15) is 4.39 Å². The lowest BCUT2D eigenvalue weighted by molar-refractivity contribution is 0.598. The second kappa shape index (κ2) is 5.10. The zero-order valence-electron chi connectivity index (χ0n) is 10.1. The molecule has 1 N–H and O–H groups in total. The summed E-state index contributed by atoms with van der Waals surface area (Å²) in [4.78, 5) is 4.23. The molecular weight excluding hydrogens is 217 g/mol. The molecule has 0 saturated heterocycles. The van der Waals surface area contributed by atoms with Crippen LogP contribution in [0.15, 0.2) is 30.6 Å². The lowest BCUT2D eigenvalue weighted by Crippen LogP contribution is -2.07. The number of imidazole rings is 1. The van der Waals surface area contributed by atoms with Crippen molar-refractivity contribution < 1.29 is 4.39 Å². The number of hydrogen-bond donors (Lipinski definition) is 1. The van der Waals surface area contributed by atoms with Gasteiger partial charge in [-0.15, -0.1) is 0 Å². The van der Waals surface area contributed by atoms with Gasteiger partial charge in [0.05, 0.1) is 0 Å². The molecule has 1 aromatic heterocycles. The van der Waals surface area contributed by atoms with Crippen LogP contribution in [0.2, 0.25) is 0 Å². The zero-order valence-corrected chi connectivity index (χ0v) is 10.1. The van der Waals surface area contributed by atoms with E-state index in [0.29, 0.717) is 18.5 Å². The molecule has 0 spiro atoms. The van der Waals surface area contributed by atoms with Crippen LogP contribution in [0.25, 0.3) is 0 Å². The summed E-state index contributed by atoms with van der Waals surface area (Å²) in [5.41, 5.74) is 1.63. The van der Waals surface area contributed by atoms with Crippen molar-refractivity contribution in [2.24, 2.45) is 7.05 Å². The number of nitrogens with zero attached hydrogens (tertiary/aromatic N) is 2. The van der Waals surface area contributed by atoms with Gasteiger partial charge in [0.15, 0.2) is 0 Å². The Morgan fingerprint density at radius 2 is 2.24 bits per heavy atom. The minimum atomic E-state index is -0.161. The topological polar surface area (TPSA) is 29.9 Å². The average molecular weight is 233 g/mol. The Bertz CT molecular complexity index is 505. The first-order valence-electron chi connectivity index (χ1n) is 5.59. The summed E-state index contributed by atoms with van der Waals surface area (Å²) in [6.45, 7) is 0.550. The van der Waals surface area contributed by atoms with E-state index in [4.69, 9.17) is 0 Å². The molecule has 0 atom stereocenters. The number of benzene rings is 1. The second-order valence-electron chi connectivity index (χ2n) is 4.09. The Morgan fingerprint density at radius 3 is 2.82 bits per heavy atom. The van der Waals surface area contributed by atoms with Crippen LogP contribution in [-0.2, 0) is 20.0 Å². The van der Waals surface area contributed by atoms with Crippen molar-refractivity contribution in [1.82, 2.24) is 14.9 Å². The highest BCUT2D eigenvalue weighted by Gasteiger charge is 2.05. The monoisotopic (exact) mass is 233 g/mol. The van der Waals surface area contributed by atoms with Gasteiger partial charge in [0.25, 0.3) is 0 Å². The molecule has 2 aromatic rings. The van der Waals surface area contributed by atoms with E-state index in [1.54, 1.807) is 19.3 Å². The summed E-state index contributed by atoms with van der Waals surface area (Å²) >= 11 is 0. The third-order valence-electron chi connectivity index (χ3n) is 2.77. The van der Waals surface area contributed by atoms with Gasteiger partial charge in [-0.2, -0.15) is 0 Å². The number of aromatic nitrogens is 2. The van der Waals surface area contributed by atoms with E-state index >= 15 is 0 Å².